The van der Waals surface area contributed by atoms with E-state index in [4.69, 9.17) is 0 Å². The molecule has 2 unspecified atom stereocenters. The summed E-state index contributed by atoms with van der Waals surface area (Å²) in [7, 11) is -4.44. The van der Waals surface area contributed by atoms with Gasteiger partial charge in [0.15, 0.2) is 12.2 Å². The molecule has 0 saturated carbocycles. The van der Waals surface area contributed by atoms with Crippen LogP contribution in [0.15, 0.2) is 0 Å². The first kappa shape index (κ1) is 23.6. The third-order valence-corrected chi connectivity index (χ3v) is 3.32. The Morgan fingerprint density at radius 2 is 1.16 bits per heavy atom. The summed E-state index contributed by atoms with van der Waals surface area (Å²) in [6.45, 7) is 0. The van der Waals surface area contributed by atoms with Crippen LogP contribution in [0.25, 0.3) is 0 Å². The molecule has 0 aromatic rings. The molecular formula is C10H13F6O8P. The van der Waals surface area contributed by atoms with Crippen LogP contribution in [0.4, 0.5) is 26.3 Å². The predicted molar refractivity (Wildman–Crippen MR) is 64.9 cm³/mol. The van der Waals surface area contributed by atoms with E-state index in [1.165, 1.54) is 0 Å². The summed E-state index contributed by atoms with van der Waals surface area (Å²) < 4.78 is 101. The lowest BCUT2D eigenvalue weighted by atomic mass is 10.2. The number of halogens is 6. The Hall–Kier alpha value is -1.37. The minimum atomic E-state index is -5.71. The molecule has 0 bridgehead atoms. The van der Waals surface area contributed by atoms with Crippen LogP contribution in [0.1, 0.15) is 12.8 Å². The van der Waals surface area contributed by atoms with Crippen molar-refractivity contribution >= 4 is 19.8 Å². The van der Waals surface area contributed by atoms with Crippen molar-refractivity contribution in [2.45, 2.75) is 37.4 Å². The van der Waals surface area contributed by atoms with Crippen molar-refractivity contribution in [3.05, 3.63) is 0 Å². The van der Waals surface area contributed by atoms with Gasteiger partial charge in [0.05, 0.1) is 27.1 Å². The van der Waals surface area contributed by atoms with Gasteiger partial charge >= 0.3 is 32.1 Å². The number of carbonyl (C=O) groups is 2. The highest BCUT2D eigenvalue weighted by Gasteiger charge is 2.45. The third kappa shape index (κ3) is 10.3. The fraction of sp³-hybridized carbons (Fsp3) is 0.800. The molecule has 0 aliphatic carbocycles. The molecule has 0 aliphatic rings. The van der Waals surface area contributed by atoms with Crippen molar-refractivity contribution in [1.82, 2.24) is 0 Å². The van der Waals surface area contributed by atoms with Crippen LogP contribution in [0, 0.1) is 0 Å². The SMILES string of the molecule is COC(=O)C(CC(F)(F)F)OP(=O)(O)OC(CC(F)(F)F)C(=O)OC. The maximum Gasteiger partial charge on any atom is 0.473 e. The number of ether oxygens (including phenoxy) is 2. The smallest absolute Gasteiger partial charge is 0.467 e. The Morgan fingerprint density at radius 3 is 1.36 bits per heavy atom. The topological polar surface area (TPSA) is 108 Å². The van der Waals surface area contributed by atoms with Crippen LogP contribution in [0.5, 0.6) is 0 Å². The minimum absolute atomic E-state index is 0.638. The number of phosphoric ester groups is 1. The summed E-state index contributed by atoms with van der Waals surface area (Å²) in [6.07, 6.45) is -19.7. The normalized spacial score (nSPS) is 17.3. The summed E-state index contributed by atoms with van der Waals surface area (Å²) in [6, 6.07) is 0. The number of methoxy groups -OCH3 is 2. The average molecular weight is 406 g/mol. The lowest BCUT2D eigenvalue weighted by Crippen LogP contribution is -2.33. The van der Waals surface area contributed by atoms with Gasteiger partial charge in [-0.1, -0.05) is 0 Å². The van der Waals surface area contributed by atoms with Gasteiger partial charge in [-0.3, -0.25) is 9.05 Å². The van der Waals surface area contributed by atoms with Crippen molar-refractivity contribution in [3.8, 4) is 0 Å². The van der Waals surface area contributed by atoms with Crippen LogP contribution >= 0.6 is 7.82 Å². The van der Waals surface area contributed by atoms with E-state index in [0.29, 0.717) is 14.2 Å². The van der Waals surface area contributed by atoms with Gasteiger partial charge in [-0.05, 0) is 0 Å². The lowest BCUT2D eigenvalue weighted by molar-refractivity contribution is -0.179. The molecule has 15 heteroatoms. The minimum Gasteiger partial charge on any atom is -0.467 e. The highest BCUT2D eigenvalue weighted by Crippen LogP contribution is 2.48. The average Bonchev–Trinajstić information content (AvgIpc) is 2.40. The van der Waals surface area contributed by atoms with Crippen LogP contribution in [-0.4, -0.2) is 55.6 Å². The molecule has 8 nitrogen and oxygen atoms in total. The second-order valence-electron chi connectivity index (χ2n) is 4.34. The summed E-state index contributed by atoms with van der Waals surface area (Å²) >= 11 is 0. The first-order valence-corrected chi connectivity index (χ1v) is 7.58. The molecule has 1 N–H and O–H groups in total. The zero-order chi connectivity index (χ0) is 20.1. The van der Waals surface area contributed by atoms with E-state index in [9.17, 15) is 45.4 Å². The lowest BCUT2D eigenvalue weighted by Gasteiger charge is -2.23. The molecule has 0 saturated heterocycles. The molecule has 0 amide bonds. The van der Waals surface area contributed by atoms with Gasteiger partial charge in [0.25, 0.3) is 0 Å². The summed E-state index contributed by atoms with van der Waals surface area (Å²) in [5, 5.41) is 0. The Balaban J connectivity index is 5.30. The molecule has 0 spiro atoms. The first-order chi connectivity index (χ1) is 11.1. The van der Waals surface area contributed by atoms with E-state index in [0.717, 1.165) is 0 Å². The molecular weight excluding hydrogens is 393 g/mol. The predicted octanol–water partition coefficient (Wildman–Crippen LogP) is 2.11. The maximum absolute atomic E-state index is 12.3. The second-order valence-corrected chi connectivity index (χ2v) is 5.70. The molecule has 148 valence electrons. The van der Waals surface area contributed by atoms with E-state index >= 15 is 0 Å². The number of alkyl halides is 6. The number of esters is 2. The zero-order valence-corrected chi connectivity index (χ0v) is 13.5. The standard InChI is InChI=1S/C10H13F6O8P/c1-21-7(17)5(3-9(11,12)13)23-25(19,20)24-6(8(18)22-2)4-10(14,15)16/h5-6H,3-4H2,1-2H3,(H,19,20). The molecule has 0 heterocycles. The third-order valence-electron chi connectivity index (χ3n) is 2.28. The van der Waals surface area contributed by atoms with Crippen molar-refractivity contribution in [3.63, 3.8) is 0 Å². The Morgan fingerprint density at radius 1 is 0.880 bits per heavy atom. The number of carbonyl (C=O) groups excluding carboxylic acids is 2. The van der Waals surface area contributed by atoms with Crippen molar-refractivity contribution in [1.29, 1.82) is 0 Å². The van der Waals surface area contributed by atoms with Crippen molar-refractivity contribution in [2.24, 2.45) is 0 Å². The van der Waals surface area contributed by atoms with Gasteiger partial charge in [-0.2, -0.15) is 26.3 Å². The van der Waals surface area contributed by atoms with Gasteiger partial charge < -0.3 is 14.4 Å². The maximum atomic E-state index is 12.3. The number of rotatable bonds is 8. The van der Waals surface area contributed by atoms with Gasteiger partial charge in [0.1, 0.15) is 0 Å². The van der Waals surface area contributed by atoms with Crippen molar-refractivity contribution < 1.29 is 63.9 Å². The first-order valence-electron chi connectivity index (χ1n) is 6.09. The quantitative estimate of drug-likeness (QED) is 0.371. The monoisotopic (exact) mass is 406 g/mol. The van der Waals surface area contributed by atoms with E-state index < -0.39 is 57.2 Å². The van der Waals surface area contributed by atoms with E-state index in [1.54, 1.807) is 0 Å². The number of hydrogen-bond donors (Lipinski definition) is 1. The summed E-state index contributed by atoms with van der Waals surface area (Å²) in [5.41, 5.74) is 0. The van der Waals surface area contributed by atoms with Gasteiger partial charge in [-0.25, -0.2) is 14.2 Å². The van der Waals surface area contributed by atoms with Gasteiger partial charge in [0.2, 0.25) is 0 Å². The van der Waals surface area contributed by atoms with E-state index in [-0.39, 0.29) is 0 Å². The van der Waals surface area contributed by atoms with Gasteiger partial charge in [0, 0.05) is 0 Å². The molecule has 0 fully saturated rings. The van der Waals surface area contributed by atoms with Crippen LogP contribution in [0.2, 0.25) is 0 Å². The molecule has 0 radical (unpaired) electrons. The summed E-state index contributed by atoms with van der Waals surface area (Å²) in [5.74, 6) is -3.47. The fourth-order valence-corrected chi connectivity index (χ4v) is 2.37. The Bertz CT molecular complexity index is 477. The highest BCUT2D eigenvalue weighted by atomic mass is 31.2. The Labute approximate surface area is 136 Å². The van der Waals surface area contributed by atoms with Crippen LogP contribution in [-0.2, 0) is 32.7 Å². The molecule has 0 aliphatic heterocycles. The Kier molecular flexibility index (Phi) is 8.34. The molecule has 0 aromatic heterocycles. The highest BCUT2D eigenvalue weighted by molar-refractivity contribution is 7.47. The number of phosphoric acid groups is 1. The largest absolute Gasteiger partial charge is 0.473 e. The van der Waals surface area contributed by atoms with Crippen LogP contribution in [0.3, 0.4) is 0 Å². The molecule has 25 heavy (non-hydrogen) atoms. The second kappa shape index (κ2) is 8.83. The van der Waals surface area contributed by atoms with E-state index in [2.05, 4.69) is 18.5 Å². The molecule has 0 aromatic carbocycles. The summed E-state index contributed by atoms with van der Waals surface area (Å²) in [4.78, 5) is 31.6. The van der Waals surface area contributed by atoms with Crippen molar-refractivity contribution in [2.75, 3.05) is 14.2 Å². The zero-order valence-electron chi connectivity index (χ0n) is 12.6. The van der Waals surface area contributed by atoms with E-state index in [1.807, 2.05) is 0 Å². The van der Waals surface area contributed by atoms with Crippen LogP contribution < -0.4 is 0 Å². The fourth-order valence-electron chi connectivity index (χ4n) is 1.36. The molecule has 0 rings (SSSR count). The van der Waals surface area contributed by atoms with Gasteiger partial charge in [-0.15, -0.1) is 0 Å². The number of hydrogen-bond acceptors (Lipinski definition) is 7. The molecule has 2 atom stereocenters.